The third kappa shape index (κ3) is 2.58. The van der Waals surface area contributed by atoms with E-state index in [1.807, 2.05) is 35.2 Å². The molecule has 0 N–H and O–H groups in total. The Morgan fingerprint density at radius 3 is 2.45 bits per heavy atom. The Kier molecular flexibility index (Phi) is 4.03. The van der Waals surface area contributed by atoms with Gasteiger partial charge in [0.1, 0.15) is 5.37 Å². The Hall–Kier alpha value is -1.39. The van der Waals surface area contributed by atoms with Crippen molar-refractivity contribution < 1.29 is 4.79 Å². The van der Waals surface area contributed by atoms with Gasteiger partial charge in [-0.15, -0.1) is 23.5 Å². The van der Waals surface area contributed by atoms with Crippen molar-refractivity contribution in [3.63, 3.8) is 0 Å². The number of hydrogen-bond acceptors (Lipinski definition) is 3. The summed E-state index contributed by atoms with van der Waals surface area (Å²) in [5, 5.41) is 0.0841. The van der Waals surface area contributed by atoms with Crippen LogP contribution in [0.4, 0.5) is 5.69 Å². The van der Waals surface area contributed by atoms with E-state index in [1.165, 1.54) is 10.5 Å². The van der Waals surface area contributed by atoms with Crippen LogP contribution in [0, 0.1) is 0 Å². The number of benzene rings is 2. The smallest absolute Gasteiger partial charge is 0.238 e. The topological polar surface area (TPSA) is 20.3 Å². The zero-order chi connectivity index (χ0) is 13.9. The van der Waals surface area contributed by atoms with Crippen molar-refractivity contribution in [2.45, 2.75) is 10.3 Å². The van der Waals surface area contributed by atoms with Gasteiger partial charge >= 0.3 is 0 Å². The van der Waals surface area contributed by atoms with E-state index >= 15 is 0 Å². The molecule has 20 heavy (non-hydrogen) atoms. The molecule has 0 aliphatic carbocycles. The maximum Gasteiger partial charge on any atom is 0.238 e. The first-order valence-corrected chi connectivity index (χ1v) is 8.69. The molecule has 2 nitrogen and oxygen atoms in total. The summed E-state index contributed by atoms with van der Waals surface area (Å²) in [5.74, 6) is 0.726. The molecule has 0 saturated carbocycles. The molecule has 1 amide bonds. The highest BCUT2D eigenvalue weighted by Gasteiger charge is 2.33. The molecule has 4 heteroatoms. The molecule has 102 valence electrons. The van der Waals surface area contributed by atoms with Gasteiger partial charge in [-0.05, 0) is 36.1 Å². The second-order valence-corrected chi connectivity index (χ2v) is 6.48. The molecule has 1 heterocycles. The Labute approximate surface area is 127 Å². The molecule has 0 aromatic heterocycles. The van der Waals surface area contributed by atoms with Gasteiger partial charge in [0.25, 0.3) is 0 Å². The number of para-hydroxylation sites is 1. The largest absolute Gasteiger partial charge is 0.295 e. The third-order valence-electron chi connectivity index (χ3n) is 3.30. The molecule has 1 fully saturated rings. The van der Waals surface area contributed by atoms with Gasteiger partial charge in [-0.1, -0.05) is 30.3 Å². The van der Waals surface area contributed by atoms with Crippen molar-refractivity contribution in [3.05, 3.63) is 60.2 Å². The van der Waals surface area contributed by atoms with Crippen molar-refractivity contribution in [3.8, 4) is 0 Å². The first-order chi connectivity index (χ1) is 9.79. The normalized spacial score (nSPS) is 18.6. The Bertz CT molecular complexity index is 598. The van der Waals surface area contributed by atoms with Crippen molar-refractivity contribution in [1.29, 1.82) is 0 Å². The van der Waals surface area contributed by atoms with Crippen LogP contribution in [0.1, 0.15) is 10.9 Å². The molecular weight excluding hydrogens is 286 g/mol. The second kappa shape index (κ2) is 5.94. The fraction of sp³-hybridized carbons (Fsp3) is 0.188. The van der Waals surface area contributed by atoms with Gasteiger partial charge in [-0.3, -0.25) is 9.69 Å². The van der Waals surface area contributed by atoms with Crippen LogP contribution in [0.3, 0.4) is 0 Å². The van der Waals surface area contributed by atoms with Gasteiger partial charge in [0.2, 0.25) is 5.91 Å². The van der Waals surface area contributed by atoms with E-state index in [9.17, 15) is 4.79 Å². The number of thioether (sulfide) groups is 2. The van der Waals surface area contributed by atoms with E-state index in [0.717, 1.165) is 5.69 Å². The molecule has 2 aromatic rings. The molecule has 0 unspecified atom stereocenters. The first kappa shape index (κ1) is 13.6. The highest BCUT2D eigenvalue weighted by atomic mass is 32.2. The van der Waals surface area contributed by atoms with Crippen molar-refractivity contribution in [1.82, 2.24) is 0 Å². The summed E-state index contributed by atoms with van der Waals surface area (Å²) in [4.78, 5) is 15.3. The molecule has 0 bridgehead atoms. The minimum absolute atomic E-state index is 0.0841. The summed E-state index contributed by atoms with van der Waals surface area (Å²) in [6, 6.07) is 18.4. The number of rotatable bonds is 3. The Morgan fingerprint density at radius 2 is 1.80 bits per heavy atom. The minimum atomic E-state index is 0.0841. The molecule has 2 aromatic carbocycles. The summed E-state index contributed by atoms with van der Waals surface area (Å²) in [7, 11) is 0. The predicted octanol–water partition coefficient (Wildman–Crippen LogP) is 4.19. The Morgan fingerprint density at radius 1 is 1.10 bits per heavy atom. The van der Waals surface area contributed by atoms with Crippen molar-refractivity contribution in [2.24, 2.45) is 0 Å². The molecule has 0 spiro atoms. The lowest BCUT2D eigenvalue weighted by atomic mass is 10.2. The van der Waals surface area contributed by atoms with Crippen LogP contribution < -0.4 is 4.90 Å². The van der Waals surface area contributed by atoms with Gasteiger partial charge < -0.3 is 0 Å². The number of nitrogens with zero attached hydrogens (tertiary/aromatic N) is 1. The molecule has 1 atom stereocenters. The average Bonchev–Trinajstić information content (AvgIpc) is 2.90. The van der Waals surface area contributed by atoms with E-state index < -0.39 is 0 Å². The lowest BCUT2D eigenvalue weighted by Crippen LogP contribution is -2.27. The molecule has 3 rings (SSSR count). The standard InChI is InChI=1S/C16H15NOS2/c1-19-14-9-7-12(8-10-14)16-17(15(18)11-20-16)13-5-3-2-4-6-13/h2-10,16H,11H2,1H3/t16-/m1/s1. The maximum atomic E-state index is 12.2. The summed E-state index contributed by atoms with van der Waals surface area (Å²) < 4.78 is 0. The highest BCUT2D eigenvalue weighted by Crippen LogP contribution is 2.41. The zero-order valence-electron chi connectivity index (χ0n) is 11.2. The quantitative estimate of drug-likeness (QED) is 0.793. The van der Waals surface area contributed by atoms with Crippen molar-refractivity contribution in [2.75, 3.05) is 16.9 Å². The van der Waals surface area contributed by atoms with Crippen LogP contribution in [-0.2, 0) is 4.79 Å². The summed E-state index contributed by atoms with van der Waals surface area (Å²) in [6.07, 6.45) is 2.07. The number of carbonyl (C=O) groups excluding carboxylic acids is 1. The number of hydrogen-bond donors (Lipinski definition) is 0. The monoisotopic (exact) mass is 301 g/mol. The predicted molar refractivity (Wildman–Crippen MR) is 87.4 cm³/mol. The fourth-order valence-electron chi connectivity index (χ4n) is 2.31. The molecule has 1 aliphatic rings. The van der Waals surface area contributed by atoms with Gasteiger partial charge in [0, 0.05) is 10.6 Å². The van der Waals surface area contributed by atoms with E-state index in [1.54, 1.807) is 23.5 Å². The summed E-state index contributed by atoms with van der Waals surface area (Å²) in [6.45, 7) is 0. The maximum absolute atomic E-state index is 12.2. The lowest BCUT2D eigenvalue weighted by Gasteiger charge is -2.24. The SMILES string of the molecule is CSc1ccc([C@H]2SCC(=O)N2c2ccccc2)cc1. The highest BCUT2D eigenvalue weighted by molar-refractivity contribution is 8.00. The average molecular weight is 301 g/mol. The lowest BCUT2D eigenvalue weighted by molar-refractivity contribution is -0.115. The molecule has 0 radical (unpaired) electrons. The van der Waals surface area contributed by atoms with Crippen LogP contribution in [0.2, 0.25) is 0 Å². The first-order valence-electron chi connectivity index (χ1n) is 6.42. The third-order valence-corrected chi connectivity index (χ3v) is 5.26. The molecular formula is C16H15NOS2. The van der Waals surface area contributed by atoms with Crippen LogP contribution in [0.25, 0.3) is 0 Å². The second-order valence-electron chi connectivity index (χ2n) is 4.54. The van der Waals surface area contributed by atoms with Crippen LogP contribution in [0.5, 0.6) is 0 Å². The summed E-state index contributed by atoms with van der Waals surface area (Å²) in [5.41, 5.74) is 2.16. The number of amides is 1. The zero-order valence-corrected chi connectivity index (χ0v) is 12.8. The van der Waals surface area contributed by atoms with Crippen LogP contribution in [0.15, 0.2) is 59.5 Å². The van der Waals surface area contributed by atoms with E-state index in [0.29, 0.717) is 5.75 Å². The van der Waals surface area contributed by atoms with Crippen LogP contribution >= 0.6 is 23.5 Å². The number of anilines is 1. The van der Waals surface area contributed by atoms with Crippen molar-refractivity contribution >= 4 is 35.1 Å². The number of carbonyl (C=O) groups is 1. The minimum Gasteiger partial charge on any atom is -0.295 e. The fourth-order valence-corrected chi connectivity index (χ4v) is 3.89. The van der Waals surface area contributed by atoms with Crippen LogP contribution in [-0.4, -0.2) is 17.9 Å². The molecule has 1 saturated heterocycles. The van der Waals surface area contributed by atoms with Gasteiger partial charge in [0.05, 0.1) is 5.75 Å². The summed E-state index contributed by atoms with van der Waals surface area (Å²) >= 11 is 3.42. The Balaban J connectivity index is 1.93. The van der Waals surface area contributed by atoms with Gasteiger partial charge in [-0.2, -0.15) is 0 Å². The van der Waals surface area contributed by atoms with E-state index in [4.69, 9.17) is 0 Å². The van der Waals surface area contributed by atoms with Gasteiger partial charge in [0.15, 0.2) is 0 Å². The molecule has 1 aliphatic heterocycles. The van der Waals surface area contributed by atoms with E-state index in [-0.39, 0.29) is 11.3 Å². The van der Waals surface area contributed by atoms with E-state index in [2.05, 4.69) is 30.5 Å². The van der Waals surface area contributed by atoms with Gasteiger partial charge in [-0.25, -0.2) is 0 Å².